The first-order chi connectivity index (χ1) is 33.0. The molecule has 0 spiro atoms. The maximum Gasteiger partial charge on any atom is 0.333 e. The highest BCUT2D eigenvalue weighted by molar-refractivity contribution is 6.01. The largest absolute Gasteiger partial charge is 0.459 e. The maximum atomic E-state index is 15.1. The lowest BCUT2D eigenvalue weighted by Gasteiger charge is -2.39. The van der Waals surface area contributed by atoms with Crippen LogP contribution in [0.2, 0.25) is 0 Å². The molecular formula is C50H76N6O15. The predicted octanol–water partition coefficient (Wildman–Crippen LogP) is 1.47. The molecular weight excluding hydrogens is 925 g/mol. The zero-order chi connectivity index (χ0) is 54.3. The Morgan fingerprint density at radius 3 is 1.93 bits per heavy atom. The number of likely N-dealkylation sites (N-methyl/N-ethyl adjacent to an activating group) is 3. The van der Waals surface area contributed by atoms with E-state index in [0.717, 1.165) is 21.6 Å². The molecule has 0 aromatic heterocycles. The summed E-state index contributed by atoms with van der Waals surface area (Å²) in [5.74, 6) is -12.7. The van der Waals surface area contributed by atoms with Gasteiger partial charge in [-0.25, -0.2) is 9.59 Å². The zero-order valence-corrected chi connectivity index (χ0v) is 43.8. The van der Waals surface area contributed by atoms with E-state index < -0.39 is 143 Å². The van der Waals surface area contributed by atoms with Gasteiger partial charge < -0.3 is 54.7 Å². The Morgan fingerprint density at radius 2 is 1.42 bits per heavy atom. The number of hydrogen-bond donors (Lipinski definition) is 4. The minimum Gasteiger partial charge on any atom is -0.459 e. The van der Waals surface area contributed by atoms with Crippen LogP contribution in [0.3, 0.4) is 0 Å². The highest BCUT2D eigenvalue weighted by Crippen LogP contribution is 2.26. The monoisotopic (exact) mass is 1000 g/mol. The van der Waals surface area contributed by atoms with Crippen LogP contribution in [-0.4, -0.2) is 168 Å². The maximum absolute atomic E-state index is 15.1. The molecule has 11 atom stereocenters. The standard InChI is InChI=1S/C50H76N6O15/c1-17-34(58)24-35(40(59)25(2)3)48(65)70-41(26(4)5)37-47(64)56(15)39(31(11)68-16)50(67)71-42(27(6)7)38(52-32(12)57)49(66)69-36(23-33-21-19-18-20-22-33)46(63)55(14)29(9)43(60)51-28(8)45(62)54(13)30(10)44(61)53-37/h18-22,25-28,30-31,35-42,59H,9,17,23-24H2,1-8,10-16H3,(H,51,60)(H,52,57)(H,53,61)/t28-,30-,31+,35-,36+,37-,38-,39-,40+,41+,42+/m0/s1. The number of ether oxygens (including phenoxy) is 4. The van der Waals surface area contributed by atoms with Crippen molar-refractivity contribution in [3.63, 3.8) is 0 Å². The van der Waals surface area contributed by atoms with E-state index in [9.17, 15) is 48.3 Å². The summed E-state index contributed by atoms with van der Waals surface area (Å²) in [4.78, 5) is 143. The van der Waals surface area contributed by atoms with Crippen molar-refractivity contribution >= 4 is 59.1 Å². The van der Waals surface area contributed by atoms with Gasteiger partial charge in [-0.05, 0) is 44.1 Å². The van der Waals surface area contributed by atoms with Gasteiger partial charge in [0.25, 0.3) is 11.8 Å². The molecule has 0 bridgehead atoms. The first kappa shape index (κ1) is 60.9. The summed E-state index contributed by atoms with van der Waals surface area (Å²) in [6.07, 6.45) is -7.85. The fourth-order valence-electron chi connectivity index (χ4n) is 7.74. The summed E-state index contributed by atoms with van der Waals surface area (Å²) in [5.41, 5.74) is 0.0651. The molecule has 1 heterocycles. The van der Waals surface area contributed by atoms with E-state index in [1.54, 1.807) is 78.8 Å². The van der Waals surface area contributed by atoms with Crippen LogP contribution in [0.5, 0.6) is 0 Å². The normalized spacial score (nSPS) is 24.8. The quantitative estimate of drug-likeness (QED) is 0.110. The van der Waals surface area contributed by atoms with E-state index in [1.807, 2.05) is 0 Å². The van der Waals surface area contributed by atoms with E-state index in [-0.39, 0.29) is 25.0 Å². The lowest BCUT2D eigenvalue weighted by molar-refractivity contribution is -0.177. The molecule has 396 valence electrons. The molecule has 21 heteroatoms. The van der Waals surface area contributed by atoms with Crippen molar-refractivity contribution in [3.8, 4) is 0 Å². The Bertz CT molecular complexity index is 2100. The van der Waals surface area contributed by atoms with Gasteiger partial charge in [0.1, 0.15) is 41.8 Å². The Hall–Kier alpha value is -6.22. The Morgan fingerprint density at radius 1 is 0.831 bits per heavy atom. The average molecular weight is 1000 g/mol. The molecule has 0 radical (unpaired) electrons. The number of aliphatic hydroxyl groups is 1. The number of nitrogens with one attached hydrogen (secondary N) is 3. The van der Waals surface area contributed by atoms with Crippen LogP contribution in [0.1, 0.15) is 94.6 Å². The summed E-state index contributed by atoms with van der Waals surface area (Å²) in [6, 6.07) is 0.393. The zero-order valence-electron chi connectivity index (χ0n) is 43.8. The van der Waals surface area contributed by atoms with Crippen molar-refractivity contribution in [2.45, 2.75) is 156 Å². The molecule has 1 fully saturated rings. The van der Waals surface area contributed by atoms with Crippen molar-refractivity contribution in [3.05, 3.63) is 48.2 Å². The number of Topliss-reactive ketones (excluding diaryl/α,β-unsaturated/α-hetero) is 1. The van der Waals surface area contributed by atoms with Gasteiger partial charge in [-0.2, -0.15) is 0 Å². The van der Waals surface area contributed by atoms with Gasteiger partial charge >= 0.3 is 17.9 Å². The molecule has 0 unspecified atom stereocenters. The van der Waals surface area contributed by atoms with Crippen LogP contribution in [0.15, 0.2) is 42.6 Å². The number of methoxy groups -OCH3 is 1. The smallest absolute Gasteiger partial charge is 0.333 e. The number of esters is 3. The first-order valence-corrected chi connectivity index (χ1v) is 23.8. The molecule has 1 aromatic rings. The second-order valence-electron chi connectivity index (χ2n) is 19.0. The highest BCUT2D eigenvalue weighted by Gasteiger charge is 2.47. The molecule has 71 heavy (non-hydrogen) atoms. The third-order valence-electron chi connectivity index (χ3n) is 12.5. The number of carbonyl (C=O) groups is 10. The minimum absolute atomic E-state index is 0.0520. The number of ketones is 1. The fourth-order valence-corrected chi connectivity index (χ4v) is 7.74. The summed E-state index contributed by atoms with van der Waals surface area (Å²) in [6.45, 7) is 20.1. The number of cyclic esters (lactones) is 2. The Kier molecular flexibility index (Phi) is 23.5. The molecule has 1 aliphatic rings. The highest BCUT2D eigenvalue weighted by atomic mass is 16.6. The van der Waals surface area contributed by atoms with E-state index in [0.29, 0.717) is 5.56 Å². The fraction of sp³-hybridized carbons (Fsp3) is 0.640. The number of amides is 6. The number of benzene rings is 1. The average Bonchev–Trinajstić information content (AvgIpc) is 3.32. The Balaban J connectivity index is 2.97. The third-order valence-corrected chi connectivity index (χ3v) is 12.5. The third kappa shape index (κ3) is 16.4. The minimum atomic E-state index is -1.84. The summed E-state index contributed by atoms with van der Waals surface area (Å²) < 4.78 is 23.5. The molecule has 0 saturated carbocycles. The van der Waals surface area contributed by atoms with Crippen molar-refractivity contribution in [1.29, 1.82) is 0 Å². The lowest BCUT2D eigenvalue weighted by Crippen LogP contribution is -2.63. The van der Waals surface area contributed by atoms with Gasteiger partial charge in [0.05, 0.1) is 18.1 Å². The Labute approximate surface area is 417 Å². The predicted molar refractivity (Wildman–Crippen MR) is 258 cm³/mol. The number of nitrogens with zero attached hydrogens (tertiary/aromatic N) is 3. The molecule has 4 N–H and O–H groups in total. The van der Waals surface area contributed by atoms with E-state index in [1.165, 1.54) is 49.0 Å². The summed E-state index contributed by atoms with van der Waals surface area (Å²) in [5, 5.41) is 18.7. The van der Waals surface area contributed by atoms with Crippen LogP contribution in [0, 0.1) is 23.7 Å². The molecule has 1 saturated heterocycles. The lowest BCUT2D eigenvalue weighted by atomic mass is 9.88. The second kappa shape index (κ2) is 27.4. The van der Waals surface area contributed by atoms with Crippen LogP contribution in [0.25, 0.3) is 0 Å². The van der Waals surface area contributed by atoms with E-state index >= 15 is 4.79 Å². The van der Waals surface area contributed by atoms with Gasteiger partial charge in [-0.1, -0.05) is 85.4 Å². The van der Waals surface area contributed by atoms with Gasteiger partial charge in [0.15, 0.2) is 18.2 Å². The van der Waals surface area contributed by atoms with Crippen molar-refractivity contribution in [1.82, 2.24) is 30.7 Å². The SMILES string of the molecule is C=C1C(=O)N[C@@H](C)C(=O)N(C)[C@@H](C)C(=O)N[C@@H]([C@H](OC(=O)[C@@H](CC(=O)CC)[C@H](O)C(C)C)C(C)C)C(=O)N(C)[C@@H]([C@@H](C)OC)C(=O)O[C@H](C(C)C)[C@H](NC(C)=O)C(=O)O[C@H](Cc2ccccc2)C(=O)N1C. The van der Waals surface area contributed by atoms with Gasteiger partial charge in [-0.15, -0.1) is 0 Å². The number of aliphatic hydroxyl groups excluding tert-OH is 1. The molecule has 1 aliphatic heterocycles. The van der Waals surface area contributed by atoms with Gasteiger partial charge in [0, 0.05) is 54.4 Å². The number of carbonyl (C=O) groups excluding carboxylic acids is 10. The molecule has 2 rings (SSSR count). The summed E-state index contributed by atoms with van der Waals surface area (Å²) >= 11 is 0. The topological polar surface area (TPSA) is 274 Å². The van der Waals surface area contributed by atoms with Crippen molar-refractivity contribution in [2.24, 2.45) is 23.7 Å². The first-order valence-electron chi connectivity index (χ1n) is 23.8. The molecule has 6 amide bonds. The van der Waals surface area contributed by atoms with E-state index in [4.69, 9.17) is 18.9 Å². The van der Waals surface area contributed by atoms with Crippen molar-refractivity contribution < 1.29 is 72.0 Å². The molecule has 1 aromatic carbocycles. The summed E-state index contributed by atoms with van der Waals surface area (Å²) in [7, 11) is 4.91. The molecule has 0 aliphatic carbocycles. The van der Waals surface area contributed by atoms with Gasteiger partial charge in [-0.3, -0.25) is 38.4 Å². The van der Waals surface area contributed by atoms with Crippen LogP contribution in [0.4, 0.5) is 0 Å². The number of rotatable bonds is 15. The molecule has 21 nitrogen and oxygen atoms in total. The van der Waals surface area contributed by atoms with Gasteiger partial charge in [0.2, 0.25) is 23.6 Å². The van der Waals surface area contributed by atoms with E-state index in [2.05, 4.69) is 22.5 Å². The van der Waals surface area contributed by atoms with Crippen LogP contribution >= 0.6 is 0 Å². The number of hydrogen-bond acceptors (Lipinski definition) is 15. The second-order valence-corrected chi connectivity index (χ2v) is 19.0. The van der Waals surface area contributed by atoms with Crippen LogP contribution in [-0.2, 0) is 73.3 Å². The van der Waals surface area contributed by atoms with Crippen LogP contribution < -0.4 is 16.0 Å². The van der Waals surface area contributed by atoms with Crippen molar-refractivity contribution in [2.75, 3.05) is 28.3 Å².